The van der Waals surface area contributed by atoms with E-state index in [1.165, 1.54) is 19.3 Å². The van der Waals surface area contributed by atoms with Crippen LogP contribution in [0.1, 0.15) is 69.9 Å². The van der Waals surface area contributed by atoms with Gasteiger partial charge in [-0.15, -0.1) is 0 Å². The van der Waals surface area contributed by atoms with Gasteiger partial charge in [0.05, 0.1) is 5.71 Å². The number of hydrogen-bond acceptors (Lipinski definition) is 8. The predicted octanol–water partition coefficient (Wildman–Crippen LogP) is 4.83. The van der Waals surface area contributed by atoms with Gasteiger partial charge in [0, 0.05) is 31.3 Å². The number of nitrogens with zero attached hydrogens (tertiary/aromatic N) is 5. The first-order chi connectivity index (χ1) is 17.2. The van der Waals surface area contributed by atoms with Crippen molar-refractivity contribution in [2.45, 2.75) is 65.2 Å². The summed E-state index contributed by atoms with van der Waals surface area (Å²) in [6.07, 6.45) is 8.82. The number of phenolic OH excluding ortho intramolecular Hbond substituents is 1. The van der Waals surface area contributed by atoms with Gasteiger partial charge < -0.3 is 14.7 Å². The molecular formula is C27H40N6O2. The number of phenols is 1. The third-order valence-corrected chi connectivity index (χ3v) is 6.66. The van der Waals surface area contributed by atoms with Crippen LogP contribution in [-0.4, -0.2) is 65.0 Å². The molecule has 1 saturated heterocycles. The molecule has 35 heavy (non-hydrogen) atoms. The Labute approximate surface area is 209 Å². The highest BCUT2D eigenvalue weighted by atomic mass is 16.5. The maximum Gasteiger partial charge on any atom is 0.320 e. The lowest BCUT2D eigenvalue weighted by molar-refractivity contribution is 0.177. The maximum atomic E-state index is 9.84. The Bertz CT molecular complexity index is 984. The molecule has 2 aliphatic rings. The molecule has 0 radical (unpaired) electrons. The van der Waals surface area contributed by atoms with Gasteiger partial charge in [-0.25, -0.2) is 0 Å². The highest BCUT2D eigenvalue weighted by Crippen LogP contribution is 2.26. The minimum atomic E-state index is 0.302. The summed E-state index contributed by atoms with van der Waals surface area (Å²) in [6.45, 7) is 10.0. The van der Waals surface area contributed by atoms with Gasteiger partial charge in [0.15, 0.2) is 5.82 Å². The van der Waals surface area contributed by atoms with E-state index in [1.54, 1.807) is 6.07 Å². The molecule has 0 saturated carbocycles. The van der Waals surface area contributed by atoms with Gasteiger partial charge in [-0.2, -0.15) is 15.1 Å². The van der Waals surface area contributed by atoms with Gasteiger partial charge >= 0.3 is 6.01 Å². The van der Waals surface area contributed by atoms with Crippen molar-refractivity contribution < 1.29 is 9.84 Å². The Morgan fingerprint density at radius 3 is 2.60 bits per heavy atom. The van der Waals surface area contributed by atoms with E-state index in [-0.39, 0.29) is 0 Å². The van der Waals surface area contributed by atoms with Crippen molar-refractivity contribution in [1.29, 1.82) is 0 Å². The summed E-state index contributed by atoms with van der Waals surface area (Å²) in [7, 11) is 0. The second kappa shape index (κ2) is 12.7. The lowest BCUT2D eigenvalue weighted by atomic mass is 9.90. The van der Waals surface area contributed by atoms with E-state index in [0.29, 0.717) is 24.2 Å². The van der Waals surface area contributed by atoms with E-state index in [9.17, 15) is 5.11 Å². The molecule has 0 unspecified atom stereocenters. The minimum absolute atomic E-state index is 0.302. The van der Waals surface area contributed by atoms with Crippen molar-refractivity contribution >= 4 is 17.3 Å². The number of aryl methyl sites for hydroxylation is 1. The van der Waals surface area contributed by atoms with Crippen molar-refractivity contribution in [3.8, 4) is 11.8 Å². The summed E-state index contributed by atoms with van der Waals surface area (Å²) >= 11 is 0. The third kappa shape index (κ3) is 7.07. The lowest BCUT2D eigenvalue weighted by Crippen LogP contribution is -2.33. The van der Waals surface area contributed by atoms with E-state index < -0.39 is 0 Å². The highest BCUT2D eigenvalue weighted by molar-refractivity contribution is 6.03. The molecule has 2 heterocycles. The van der Waals surface area contributed by atoms with E-state index in [4.69, 9.17) is 14.8 Å². The number of fused-ring (bicyclic) bond motifs is 1. The number of hydrogen-bond donors (Lipinski definition) is 2. The third-order valence-electron chi connectivity index (χ3n) is 6.66. The summed E-state index contributed by atoms with van der Waals surface area (Å²) < 4.78 is 6.05. The fraction of sp³-hybridized carbons (Fsp3) is 0.593. The Hall–Kier alpha value is -2.87. The number of nitrogens with one attached hydrogen (secondary N) is 1. The van der Waals surface area contributed by atoms with E-state index in [0.717, 1.165) is 87.5 Å². The molecule has 0 bridgehead atoms. The second-order valence-corrected chi connectivity index (χ2v) is 9.50. The average Bonchev–Trinajstić information content (AvgIpc) is 2.87. The zero-order valence-corrected chi connectivity index (χ0v) is 21.3. The zero-order chi connectivity index (χ0) is 24.5. The monoisotopic (exact) mass is 480 g/mol. The number of aromatic hydroxyl groups is 1. The Morgan fingerprint density at radius 1 is 1.03 bits per heavy atom. The van der Waals surface area contributed by atoms with Gasteiger partial charge in [-0.3, -0.25) is 10.3 Å². The number of piperidine rings is 1. The SMILES string of the molecule is CCCN(CCC)c1cc(N/N=C2\CCCc3cc(O)ccc32)nc(OCCN2CCCCC2)n1. The van der Waals surface area contributed by atoms with Crippen LogP contribution in [0.4, 0.5) is 11.6 Å². The van der Waals surface area contributed by atoms with Crippen molar-refractivity contribution in [2.24, 2.45) is 5.10 Å². The van der Waals surface area contributed by atoms with Gasteiger partial charge in [0.25, 0.3) is 0 Å². The molecule has 0 amide bonds. The molecule has 1 aromatic carbocycles. The van der Waals surface area contributed by atoms with Crippen LogP contribution in [0.2, 0.25) is 0 Å². The Morgan fingerprint density at radius 2 is 1.83 bits per heavy atom. The first-order valence-electron chi connectivity index (χ1n) is 13.3. The molecule has 1 aliphatic carbocycles. The van der Waals surface area contributed by atoms with Gasteiger partial charge in [0.1, 0.15) is 18.2 Å². The largest absolute Gasteiger partial charge is 0.508 e. The first-order valence-corrected chi connectivity index (χ1v) is 13.3. The van der Waals surface area contributed by atoms with Crippen LogP contribution in [0.25, 0.3) is 0 Å². The average molecular weight is 481 g/mol. The fourth-order valence-electron chi connectivity index (χ4n) is 4.92. The molecular weight excluding hydrogens is 440 g/mol. The highest BCUT2D eigenvalue weighted by Gasteiger charge is 2.17. The molecule has 0 atom stereocenters. The number of likely N-dealkylation sites (tertiary alicyclic amines) is 1. The van der Waals surface area contributed by atoms with Crippen LogP contribution in [0.3, 0.4) is 0 Å². The van der Waals surface area contributed by atoms with Crippen LogP contribution in [0.15, 0.2) is 29.4 Å². The van der Waals surface area contributed by atoms with Crippen molar-refractivity contribution in [2.75, 3.05) is 49.7 Å². The topological polar surface area (TPSA) is 86.1 Å². The smallest absolute Gasteiger partial charge is 0.320 e. The molecule has 0 spiro atoms. The van der Waals surface area contributed by atoms with E-state index >= 15 is 0 Å². The van der Waals surface area contributed by atoms with Crippen LogP contribution in [0.5, 0.6) is 11.8 Å². The maximum absolute atomic E-state index is 9.84. The van der Waals surface area contributed by atoms with E-state index in [1.807, 2.05) is 18.2 Å². The Kier molecular flexibility index (Phi) is 9.17. The number of ether oxygens (including phenoxy) is 1. The summed E-state index contributed by atoms with van der Waals surface area (Å²) in [5, 5.41) is 14.6. The normalized spacial score (nSPS) is 17.3. The van der Waals surface area contributed by atoms with Crippen molar-refractivity contribution in [3.05, 3.63) is 35.4 Å². The molecule has 1 fully saturated rings. The summed E-state index contributed by atoms with van der Waals surface area (Å²) in [5.74, 6) is 1.81. The van der Waals surface area contributed by atoms with Gasteiger partial charge in [0.2, 0.25) is 0 Å². The number of benzene rings is 1. The summed E-state index contributed by atoms with van der Waals surface area (Å²) in [5.41, 5.74) is 6.40. The molecule has 190 valence electrons. The molecule has 4 rings (SSSR count). The predicted molar refractivity (Wildman–Crippen MR) is 142 cm³/mol. The number of hydrazone groups is 1. The number of anilines is 2. The molecule has 2 N–H and O–H groups in total. The van der Waals surface area contributed by atoms with Crippen LogP contribution in [0, 0.1) is 0 Å². The fourth-order valence-corrected chi connectivity index (χ4v) is 4.92. The number of rotatable bonds is 11. The standard InChI is InChI=1S/C27H40N6O2/c1-3-13-33(14-4-2)26-20-25(28-27(29-26)35-18-17-32-15-6-5-7-16-32)31-30-24-10-8-9-21-19-22(34)11-12-23(21)24/h11-12,19-20,34H,3-10,13-18H2,1-2H3,(H,28,29,31)/b30-24+. The first kappa shape index (κ1) is 25.2. The van der Waals surface area contributed by atoms with Crippen LogP contribution < -0.4 is 15.1 Å². The van der Waals surface area contributed by atoms with Crippen LogP contribution >= 0.6 is 0 Å². The molecule has 2 aromatic rings. The lowest BCUT2D eigenvalue weighted by Gasteiger charge is -2.26. The molecule has 1 aliphatic heterocycles. The molecule has 8 nitrogen and oxygen atoms in total. The van der Waals surface area contributed by atoms with E-state index in [2.05, 4.69) is 34.1 Å². The minimum Gasteiger partial charge on any atom is -0.508 e. The van der Waals surface area contributed by atoms with Crippen molar-refractivity contribution in [1.82, 2.24) is 14.9 Å². The molecule has 8 heteroatoms. The Balaban J connectivity index is 1.52. The number of aromatic nitrogens is 2. The second-order valence-electron chi connectivity index (χ2n) is 9.50. The zero-order valence-electron chi connectivity index (χ0n) is 21.3. The molecule has 1 aromatic heterocycles. The summed E-state index contributed by atoms with van der Waals surface area (Å²) in [4.78, 5) is 14.1. The van der Waals surface area contributed by atoms with Crippen molar-refractivity contribution in [3.63, 3.8) is 0 Å². The van der Waals surface area contributed by atoms with Gasteiger partial charge in [-0.05, 0) is 81.8 Å². The quantitative estimate of drug-likeness (QED) is 0.446. The van der Waals surface area contributed by atoms with Crippen LogP contribution in [-0.2, 0) is 6.42 Å². The summed E-state index contributed by atoms with van der Waals surface area (Å²) in [6, 6.07) is 7.88. The van der Waals surface area contributed by atoms with Gasteiger partial charge in [-0.1, -0.05) is 20.3 Å².